The van der Waals surface area contributed by atoms with E-state index < -0.39 is 5.91 Å². The second-order valence-corrected chi connectivity index (χ2v) is 8.67. The SMILES string of the molecule is CCOc1cc(C(=O)NC(=S)Nc2ccc(NC(=O)c3ccccc3Cl)c(OC)c2)cc(OCC)c1OCC. The van der Waals surface area contributed by atoms with Crippen LogP contribution in [0.3, 0.4) is 0 Å². The molecular formula is C28H30ClN3O6S. The van der Waals surface area contributed by atoms with Crippen LogP contribution in [0.5, 0.6) is 23.0 Å². The lowest BCUT2D eigenvalue weighted by Crippen LogP contribution is -2.34. The van der Waals surface area contributed by atoms with E-state index in [0.29, 0.717) is 64.8 Å². The molecule has 206 valence electrons. The zero-order valence-corrected chi connectivity index (χ0v) is 23.6. The molecule has 3 aromatic carbocycles. The molecule has 0 saturated carbocycles. The summed E-state index contributed by atoms with van der Waals surface area (Å²) in [6.07, 6.45) is 0. The van der Waals surface area contributed by atoms with E-state index in [4.69, 9.17) is 42.8 Å². The van der Waals surface area contributed by atoms with Gasteiger partial charge in [-0.05, 0) is 69.4 Å². The molecule has 0 atom stereocenters. The number of nitrogens with one attached hydrogen (secondary N) is 3. The van der Waals surface area contributed by atoms with Crippen LogP contribution in [0.1, 0.15) is 41.5 Å². The third kappa shape index (κ3) is 7.75. The third-order valence-corrected chi connectivity index (χ3v) is 5.76. The molecular weight excluding hydrogens is 542 g/mol. The molecule has 0 spiro atoms. The van der Waals surface area contributed by atoms with Crippen LogP contribution >= 0.6 is 23.8 Å². The first-order chi connectivity index (χ1) is 18.8. The van der Waals surface area contributed by atoms with Gasteiger partial charge < -0.3 is 29.6 Å². The molecule has 3 rings (SSSR count). The molecule has 0 fully saturated rings. The maximum absolute atomic E-state index is 13.0. The van der Waals surface area contributed by atoms with Crippen LogP contribution in [0.2, 0.25) is 5.02 Å². The van der Waals surface area contributed by atoms with Crippen molar-refractivity contribution in [1.82, 2.24) is 5.32 Å². The maximum Gasteiger partial charge on any atom is 0.257 e. The highest BCUT2D eigenvalue weighted by Gasteiger charge is 2.19. The molecule has 3 aromatic rings. The quantitative estimate of drug-likeness (QED) is 0.243. The van der Waals surface area contributed by atoms with Gasteiger partial charge in [0.25, 0.3) is 11.8 Å². The predicted octanol–water partition coefficient (Wildman–Crippen LogP) is 5.92. The Hall–Kier alpha value is -4.02. The standard InChI is InChI=1S/C28H30ClN3O6S/c1-5-36-23-14-17(15-24(37-6-2)25(23)38-7-3)26(33)32-28(39)30-18-12-13-21(22(16-18)35-4)31-27(34)19-10-8-9-11-20(19)29/h8-16H,5-7H2,1-4H3,(H,31,34)(H2,30,32,33,39). The fourth-order valence-electron chi connectivity index (χ4n) is 3.56. The second-order valence-electron chi connectivity index (χ2n) is 7.86. The number of amides is 2. The molecule has 0 saturated heterocycles. The van der Waals surface area contributed by atoms with Crippen molar-refractivity contribution >= 4 is 52.1 Å². The lowest BCUT2D eigenvalue weighted by Gasteiger charge is -2.17. The first-order valence-electron chi connectivity index (χ1n) is 12.2. The van der Waals surface area contributed by atoms with E-state index in [0.717, 1.165) is 0 Å². The molecule has 2 amide bonds. The van der Waals surface area contributed by atoms with Crippen molar-refractivity contribution in [2.24, 2.45) is 0 Å². The highest BCUT2D eigenvalue weighted by atomic mass is 35.5. The predicted molar refractivity (Wildman–Crippen MR) is 156 cm³/mol. The van der Waals surface area contributed by atoms with E-state index in [1.807, 2.05) is 20.8 Å². The number of hydrogen-bond donors (Lipinski definition) is 3. The number of benzene rings is 3. The van der Waals surface area contributed by atoms with Crippen molar-refractivity contribution < 1.29 is 28.5 Å². The fourth-order valence-corrected chi connectivity index (χ4v) is 4.00. The number of thiocarbonyl (C=S) groups is 1. The summed E-state index contributed by atoms with van der Waals surface area (Å²) < 4.78 is 22.5. The molecule has 39 heavy (non-hydrogen) atoms. The van der Waals surface area contributed by atoms with Crippen LogP contribution in [0.25, 0.3) is 0 Å². The van der Waals surface area contributed by atoms with Gasteiger partial charge in [-0.3, -0.25) is 14.9 Å². The minimum atomic E-state index is -0.465. The van der Waals surface area contributed by atoms with Gasteiger partial charge in [-0.15, -0.1) is 0 Å². The summed E-state index contributed by atoms with van der Waals surface area (Å²) >= 11 is 11.5. The van der Waals surface area contributed by atoms with Crippen LogP contribution in [0.15, 0.2) is 54.6 Å². The number of ether oxygens (including phenoxy) is 4. The summed E-state index contributed by atoms with van der Waals surface area (Å²) in [5.41, 5.74) is 1.58. The number of methoxy groups -OCH3 is 1. The smallest absolute Gasteiger partial charge is 0.257 e. The Balaban J connectivity index is 1.73. The summed E-state index contributed by atoms with van der Waals surface area (Å²) in [5.74, 6) is 0.765. The fraction of sp³-hybridized carbons (Fsp3) is 0.250. The van der Waals surface area contributed by atoms with E-state index in [-0.39, 0.29) is 16.6 Å². The van der Waals surface area contributed by atoms with Gasteiger partial charge >= 0.3 is 0 Å². The summed E-state index contributed by atoms with van der Waals surface area (Å²) in [4.78, 5) is 25.7. The van der Waals surface area contributed by atoms with Gasteiger partial charge in [-0.1, -0.05) is 23.7 Å². The van der Waals surface area contributed by atoms with Gasteiger partial charge in [0.15, 0.2) is 16.6 Å². The lowest BCUT2D eigenvalue weighted by atomic mass is 10.1. The van der Waals surface area contributed by atoms with Crippen molar-refractivity contribution in [3.63, 3.8) is 0 Å². The van der Waals surface area contributed by atoms with Crippen LogP contribution in [0.4, 0.5) is 11.4 Å². The number of carbonyl (C=O) groups is 2. The monoisotopic (exact) mass is 571 g/mol. The summed E-state index contributed by atoms with van der Waals surface area (Å²) in [5, 5.41) is 8.78. The van der Waals surface area contributed by atoms with Crippen molar-refractivity contribution in [2.75, 3.05) is 37.6 Å². The minimum Gasteiger partial charge on any atom is -0.494 e. The van der Waals surface area contributed by atoms with E-state index in [1.54, 1.807) is 54.6 Å². The Labute approximate surface area is 237 Å². The average molecular weight is 572 g/mol. The topological polar surface area (TPSA) is 107 Å². The largest absolute Gasteiger partial charge is 0.494 e. The molecule has 0 radical (unpaired) electrons. The van der Waals surface area contributed by atoms with Crippen LogP contribution in [-0.2, 0) is 0 Å². The molecule has 3 N–H and O–H groups in total. The van der Waals surface area contributed by atoms with Crippen molar-refractivity contribution in [1.29, 1.82) is 0 Å². The van der Waals surface area contributed by atoms with E-state index in [9.17, 15) is 9.59 Å². The molecule has 0 aromatic heterocycles. The number of halogens is 1. The van der Waals surface area contributed by atoms with Crippen molar-refractivity contribution in [3.05, 3.63) is 70.7 Å². The number of hydrogen-bond acceptors (Lipinski definition) is 7. The van der Waals surface area contributed by atoms with Gasteiger partial charge in [0.1, 0.15) is 5.75 Å². The average Bonchev–Trinajstić information content (AvgIpc) is 2.91. The molecule has 0 heterocycles. The zero-order chi connectivity index (χ0) is 28.4. The highest BCUT2D eigenvalue weighted by molar-refractivity contribution is 7.80. The molecule has 11 heteroatoms. The first-order valence-corrected chi connectivity index (χ1v) is 13.0. The summed E-state index contributed by atoms with van der Waals surface area (Å²) in [6.45, 7) is 6.70. The lowest BCUT2D eigenvalue weighted by molar-refractivity contribution is 0.0975. The first kappa shape index (κ1) is 29.5. The molecule has 0 aliphatic heterocycles. The van der Waals surface area contributed by atoms with Gasteiger partial charge in [0, 0.05) is 17.3 Å². The van der Waals surface area contributed by atoms with Crippen molar-refractivity contribution in [2.45, 2.75) is 20.8 Å². The van der Waals surface area contributed by atoms with E-state index in [1.165, 1.54) is 7.11 Å². The Morgan fingerprint density at radius 3 is 2.05 bits per heavy atom. The van der Waals surface area contributed by atoms with Crippen LogP contribution < -0.4 is 34.9 Å². The minimum absolute atomic E-state index is 0.0553. The van der Waals surface area contributed by atoms with Gasteiger partial charge in [0.05, 0.1) is 43.2 Å². The van der Waals surface area contributed by atoms with E-state index in [2.05, 4.69) is 16.0 Å². The van der Waals surface area contributed by atoms with Crippen LogP contribution in [-0.4, -0.2) is 43.9 Å². The second kappa shape index (κ2) is 14.2. The van der Waals surface area contributed by atoms with Crippen molar-refractivity contribution in [3.8, 4) is 23.0 Å². The molecule has 0 unspecified atom stereocenters. The Morgan fingerprint density at radius 1 is 0.821 bits per heavy atom. The molecule has 0 bridgehead atoms. The molecule has 9 nitrogen and oxygen atoms in total. The third-order valence-electron chi connectivity index (χ3n) is 5.22. The normalized spacial score (nSPS) is 10.3. The zero-order valence-electron chi connectivity index (χ0n) is 22.1. The Bertz CT molecular complexity index is 1320. The van der Waals surface area contributed by atoms with Gasteiger partial charge in [-0.25, -0.2) is 0 Å². The maximum atomic E-state index is 13.0. The molecule has 0 aliphatic rings. The van der Waals surface area contributed by atoms with Gasteiger partial charge in [0.2, 0.25) is 5.75 Å². The number of rotatable bonds is 11. The van der Waals surface area contributed by atoms with E-state index >= 15 is 0 Å². The van der Waals surface area contributed by atoms with Gasteiger partial charge in [-0.2, -0.15) is 0 Å². The Kier molecular flexibility index (Phi) is 10.8. The number of anilines is 2. The highest BCUT2D eigenvalue weighted by Crippen LogP contribution is 2.39. The number of carbonyl (C=O) groups excluding carboxylic acids is 2. The summed E-state index contributed by atoms with van der Waals surface area (Å²) in [7, 11) is 1.47. The summed E-state index contributed by atoms with van der Waals surface area (Å²) in [6, 6.07) is 14.9. The Morgan fingerprint density at radius 2 is 1.46 bits per heavy atom. The van der Waals surface area contributed by atoms with Crippen LogP contribution in [0, 0.1) is 0 Å². The molecule has 0 aliphatic carbocycles.